The van der Waals surface area contributed by atoms with Gasteiger partial charge in [-0.2, -0.15) is 0 Å². The molecule has 6 heteroatoms. The molecule has 2 aromatic carbocycles. The van der Waals surface area contributed by atoms with Crippen molar-refractivity contribution in [1.82, 2.24) is 9.55 Å². The number of ketones is 1. The van der Waals surface area contributed by atoms with Gasteiger partial charge in [-0.25, -0.2) is 4.98 Å². The average Bonchev–Trinajstić information content (AvgIpc) is 2.77. The number of aryl methyl sites for hydroxylation is 1. The van der Waals surface area contributed by atoms with Crippen LogP contribution in [-0.2, 0) is 7.05 Å². The van der Waals surface area contributed by atoms with Crippen molar-refractivity contribution >= 4 is 44.3 Å². The van der Waals surface area contributed by atoms with Gasteiger partial charge in [0.05, 0.1) is 0 Å². The van der Waals surface area contributed by atoms with Gasteiger partial charge in [0.1, 0.15) is 5.65 Å². The highest BCUT2D eigenvalue weighted by atomic mass is 79.9. The molecule has 4 nitrogen and oxygen atoms in total. The van der Waals surface area contributed by atoms with E-state index in [2.05, 4.69) is 20.9 Å². The van der Waals surface area contributed by atoms with Gasteiger partial charge in [0.25, 0.3) is 5.56 Å². The maximum absolute atomic E-state index is 12.9. The first-order chi connectivity index (χ1) is 14.4. The number of benzene rings is 2. The first kappa shape index (κ1) is 21.9. The van der Waals surface area contributed by atoms with Crippen LogP contribution in [0.1, 0.15) is 29.8 Å². The molecule has 152 valence electrons. The van der Waals surface area contributed by atoms with Crippen molar-refractivity contribution in [2.24, 2.45) is 7.05 Å². The minimum absolute atomic E-state index is 0.153. The molecule has 0 radical (unpaired) electrons. The highest BCUT2D eigenvalue weighted by molar-refractivity contribution is 9.10. The SMILES string of the molecule is CC.Cn1c(=O)cc(-c2cccc(Br)c2)c2cc(C(=O)c3ccc(Cl)cc3)cnc21. The number of fused-ring (bicyclic) bond motifs is 1. The van der Waals surface area contributed by atoms with E-state index in [1.807, 2.05) is 38.1 Å². The van der Waals surface area contributed by atoms with E-state index < -0.39 is 0 Å². The molecule has 30 heavy (non-hydrogen) atoms. The summed E-state index contributed by atoms with van der Waals surface area (Å²) in [4.78, 5) is 29.7. The number of aromatic nitrogens is 2. The number of nitrogens with zero attached hydrogens (tertiary/aromatic N) is 2. The molecule has 0 saturated carbocycles. The topological polar surface area (TPSA) is 52.0 Å². The van der Waals surface area contributed by atoms with Crippen LogP contribution >= 0.6 is 27.5 Å². The number of carbonyl (C=O) groups is 1. The predicted molar refractivity (Wildman–Crippen MR) is 126 cm³/mol. The summed E-state index contributed by atoms with van der Waals surface area (Å²) in [6, 6.07) is 17.8. The third-order valence-corrected chi connectivity index (χ3v) is 5.32. The van der Waals surface area contributed by atoms with Gasteiger partial charge in [-0.1, -0.05) is 53.5 Å². The zero-order valence-corrected chi connectivity index (χ0v) is 19.2. The Bertz CT molecular complexity index is 1280. The summed E-state index contributed by atoms with van der Waals surface area (Å²) in [5.74, 6) is -0.153. The van der Waals surface area contributed by atoms with Crippen molar-refractivity contribution in [3.8, 4) is 11.1 Å². The molecule has 0 saturated heterocycles. The van der Waals surface area contributed by atoms with E-state index in [1.54, 1.807) is 43.4 Å². The summed E-state index contributed by atoms with van der Waals surface area (Å²) in [5, 5.41) is 1.31. The van der Waals surface area contributed by atoms with Gasteiger partial charge >= 0.3 is 0 Å². The van der Waals surface area contributed by atoms with Crippen molar-refractivity contribution in [3.63, 3.8) is 0 Å². The number of pyridine rings is 2. The lowest BCUT2D eigenvalue weighted by molar-refractivity contribution is 0.103. The second-order valence-corrected chi connectivity index (χ2v) is 7.75. The van der Waals surface area contributed by atoms with E-state index in [1.165, 1.54) is 10.8 Å². The van der Waals surface area contributed by atoms with E-state index in [-0.39, 0.29) is 11.3 Å². The lowest BCUT2D eigenvalue weighted by Crippen LogP contribution is -2.17. The lowest BCUT2D eigenvalue weighted by Gasteiger charge is -2.11. The molecule has 0 bridgehead atoms. The Hall–Kier alpha value is -2.76. The minimum Gasteiger partial charge on any atom is -0.296 e. The summed E-state index contributed by atoms with van der Waals surface area (Å²) in [5.41, 5.74) is 2.94. The first-order valence-corrected chi connectivity index (χ1v) is 10.7. The van der Waals surface area contributed by atoms with Crippen molar-refractivity contribution in [1.29, 1.82) is 0 Å². The number of carbonyl (C=O) groups excluding carboxylic acids is 1. The summed E-state index contributed by atoms with van der Waals surface area (Å²) in [6.07, 6.45) is 1.50. The van der Waals surface area contributed by atoms with Gasteiger partial charge in [0.15, 0.2) is 5.78 Å². The molecule has 0 fully saturated rings. The fourth-order valence-electron chi connectivity index (χ4n) is 3.11. The molecule has 2 heterocycles. The lowest BCUT2D eigenvalue weighted by atomic mass is 9.99. The van der Waals surface area contributed by atoms with Crippen LogP contribution in [0, 0.1) is 0 Å². The van der Waals surface area contributed by atoms with Gasteiger partial charge in [-0.05, 0) is 53.6 Å². The highest BCUT2D eigenvalue weighted by Gasteiger charge is 2.15. The van der Waals surface area contributed by atoms with Gasteiger partial charge in [0.2, 0.25) is 0 Å². The van der Waals surface area contributed by atoms with Crippen LogP contribution in [0.3, 0.4) is 0 Å². The number of hydrogen-bond acceptors (Lipinski definition) is 3. The van der Waals surface area contributed by atoms with Crippen LogP contribution in [0.4, 0.5) is 0 Å². The number of rotatable bonds is 3. The molecule has 0 atom stereocenters. The van der Waals surface area contributed by atoms with Crippen LogP contribution in [0.25, 0.3) is 22.2 Å². The Morgan fingerprint density at radius 2 is 1.70 bits per heavy atom. The summed E-state index contributed by atoms with van der Waals surface area (Å²) in [7, 11) is 1.67. The van der Waals surface area contributed by atoms with E-state index in [4.69, 9.17) is 11.6 Å². The Labute approximate surface area is 188 Å². The monoisotopic (exact) mass is 482 g/mol. The van der Waals surface area contributed by atoms with E-state index in [0.717, 1.165) is 21.0 Å². The molecule has 0 unspecified atom stereocenters. The van der Waals surface area contributed by atoms with Gasteiger partial charge in [-0.15, -0.1) is 0 Å². The van der Waals surface area contributed by atoms with Crippen molar-refractivity contribution in [3.05, 3.63) is 97.8 Å². The van der Waals surface area contributed by atoms with Crippen LogP contribution in [0.5, 0.6) is 0 Å². The third-order valence-electron chi connectivity index (χ3n) is 4.58. The van der Waals surface area contributed by atoms with Gasteiger partial charge < -0.3 is 0 Å². The molecule has 0 aliphatic rings. The van der Waals surface area contributed by atoms with Crippen molar-refractivity contribution in [2.45, 2.75) is 13.8 Å². The normalized spacial score (nSPS) is 10.4. The summed E-state index contributed by atoms with van der Waals surface area (Å²) < 4.78 is 2.38. The number of hydrogen-bond donors (Lipinski definition) is 0. The van der Waals surface area contributed by atoms with Crippen molar-refractivity contribution < 1.29 is 4.79 Å². The summed E-state index contributed by atoms with van der Waals surface area (Å²) in [6.45, 7) is 4.00. The van der Waals surface area contributed by atoms with E-state index in [9.17, 15) is 9.59 Å². The Morgan fingerprint density at radius 1 is 1.00 bits per heavy atom. The van der Waals surface area contributed by atoms with Crippen molar-refractivity contribution in [2.75, 3.05) is 0 Å². The van der Waals surface area contributed by atoms with Crippen LogP contribution < -0.4 is 5.56 Å². The third kappa shape index (κ3) is 4.37. The van der Waals surface area contributed by atoms with Crippen LogP contribution in [0.15, 0.2) is 76.1 Å². The van der Waals surface area contributed by atoms with Gasteiger partial charge in [-0.3, -0.25) is 14.2 Å². The predicted octanol–water partition coefficient (Wildman–Crippen LogP) is 6.27. The molecule has 4 rings (SSSR count). The standard InChI is InChI=1S/C22H14BrClN2O2.C2H6/c1-26-20(27)11-18(14-3-2-4-16(23)9-14)19-10-15(12-25-22(19)26)21(28)13-5-7-17(24)8-6-13;1-2/h2-12H,1H3;1-2H3. The second-order valence-electron chi connectivity index (χ2n) is 6.40. The first-order valence-electron chi connectivity index (χ1n) is 9.50. The van der Waals surface area contributed by atoms with Crippen LogP contribution in [0.2, 0.25) is 5.02 Å². The number of halogens is 2. The van der Waals surface area contributed by atoms with E-state index in [0.29, 0.717) is 21.8 Å². The molecule has 2 aromatic heterocycles. The Balaban J connectivity index is 0.00000124. The Kier molecular flexibility index (Phi) is 6.85. The quantitative estimate of drug-likeness (QED) is 0.323. The maximum atomic E-state index is 12.9. The van der Waals surface area contributed by atoms with Crippen LogP contribution in [-0.4, -0.2) is 15.3 Å². The fraction of sp³-hybridized carbons (Fsp3) is 0.125. The highest BCUT2D eigenvalue weighted by Crippen LogP contribution is 2.29. The molecule has 0 N–H and O–H groups in total. The molecule has 0 amide bonds. The molecular weight excluding hydrogens is 464 g/mol. The zero-order chi connectivity index (χ0) is 21.8. The summed E-state index contributed by atoms with van der Waals surface area (Å²) >= 11 is 9.38. The molecule has 0 aliphatic carbocycles. The molecular formula is C24H20BrClN2O2. The maximum Gasteiger partial charge on any atom is 0.252 e. The largest absolute Gasteiger partial charge is 0.296 e. The average molecular weight is 484 g/mol. The minimum atomic E-state index is -0.160. The molecule has 4 aromatic rings. The van der Waals surface area contributed by atoms with E-state index >= 15 is 0 Å². The second kappa shape index (κ2) is 9.37. The molecule has 0 aliphatic heterocycles. The fourth-order valence-corrected chi connectivity index (χ4v) is 3.64. The smallest absolute Gasteiger partial charge is 0.252 e. The zero-order valence-electron chi connectivity index (χ0n) is 16.8. The Morgan fingerprint density at radius 3 is 2.37 bits per heavy atom. The van der Waals surface area contributed by atoms with Gasteiger partial charge in [0, 0.05) is 45.3 Å². The molecule has 0 spiro atoms.